The molecule has 1 atom stereocenters. The van der Waals surface area contributed by atoms with Crippen LogP contribution in [0, 0.1) is 0 Å². The van der Waals surface area contributed by atoms with Crippen molar-refractivity contribution in [2.75, 3.05) is 33.5 Å². The molecule has 2 amide bonds. The molecule has 1 unspecified atom stereocenters. The minimum atomic E-state index is -1.25. The zero-order valence-electron chi connectivity index (χ0n) is 11.1. The molecule has 106 valence electrons. The van der Waals surface area contributed by atoms with Crippen molar-refractivity contribution in [2.24, 2.45) is 0 Å². The zero-order valence-corrected chi connectivity index (χ0v) is 11.1. The Morgan fingerprint density at radius 1 is 1.28 bits per heavy atom. The standard InChI is InChI=1S/C11H22N2O5/c1-4-11(2,9(14)15)13-10(16)12-5-6-18-8-7-17-3/h4-8H2,1-3H3,(H,14,15)(H2,12,13,16). The van der Waals surface area contributed by atoms with Gasteiger partial charge >= 0.3 is 12.0 Å². The summed E-state index contributed by atoms with van der Waals surface area (Å²) in [6.07, 6.45) is 0.306. The molecule has 3 N–H and O–H groups in total. The van der Waals surface area contributed by atoms with E-state index in [1.807, 2.05) is 0 Å². The van der Waals surface area contributed by atoms with Gasteiger partial charge in [-0.2, -0.15) is 0 Å². The topological polar surface area (TPSA) is 96.9 Å². The molecule has 0 spiro atoms. The van der Waals surface area contributed by atoms with Crippen LogP contribution in [0.5, 0.6) is 0 Å². The molecule has 7 nitrogen and oxygen atoms in total. The van der Waals surface area contributed by atoms with Gasteiger partial charge in [0.2, 0.25) is 0 Å². The van der Waals surface area contributed by atoms with Gasteiger partial charge in [0.15, 0.2) is 0 Å². The molecule has 0 bridgehead atoms. The van der Waals surface area contributed by atoms with E-state index in [2.05, 4.69) is 10.6 Å². The highest BCUT2D eigenvalue weighted by atomic mass is 16.5. The molecule has 0 aliphatic heterocycles. The highest BCUT2D eigenvalue weighted by Gasteiger charge is 2.32. The summed E-state index contributed by atoms with van der Waals surface area (Å²) in [6.45, 7) is 4.79. The predicted molar refractivity (Wildman–Crippen MR) is 65.6 cm³/mol. The predicted octanol–water partition coefficient (Wildman–Crippen LogP) is 0.202. The van der Waals surface area contributed by atoms with Crippen molar-refractivity contribution in [1.29, 1.82) is 0 Å². The number of carboxylic acid groups (broad SMARTS) is 1. The van der Waals surface area contributed by atoms with Gasteiger partial charge in [-0.15, -0.1) is 0 Å². The number of methoxy groups -OCH3 is 1. The number of urea groups is 1. The number of ether oxygens (including phenoxy) is 2. The van der Waals surface area contributed by atoms with Gasteiger partial charge in [0.05, 0.1) is 19.8 Å². The van der Waals surface area contributed by atoms with Crippen molar-refractivity contribution in [2.45, 2.75) is 25.8 Å². The lowest BCUT2D eigenvalue weighted by atomic mass is 10.00. The number of amides is 2. The van der Waals surface area contributed by atoms with Crippen molar-refractivity contribution >= 4 is 12.0 Å². The Hall–Kier alpha value is -1.34. The maximum atomic E-state index is 11.4. The first kappa shape index (κ1) is 16.7. The van der Waals surface area contributed by atoms with Crippen LogP contribution in [0.4, 0.5) is 4.79 Å². The van der Waals surface area contributed by atoms with Crippen LogP contribution in [0.2, 0.25) is 0 Å². The fourth-order valence-corrected chi connectivity index (χ4v) is 1.07. The molecular weight excluding hydrogens is 240 g/mol. The summed E-state index contributed by atoms with van der Waals surface area (Å²) in [4.78, 5) is 22.4. The Morgan fingerprint density at radius 3 is 2.44 bits per heavy atom. The van der Waals surface area contributed by atoms with Crippen LogP contribution in [0.1, 0.15) is 20.3 Å². The maximum absolute atomic E-state index is 11.4. The summed E-state index contributed by atoms with van der Waals surface area (Å²) in [6, 6.07) is -0.517. The van der Waals surface area contributed by atoms with Crippen LogP contribution in [-0.4, -0.2) is 56.1 Å². The van der Waals surface area contributed by atoms with Crippen molar-refractivity contribution < 1.29 is 24.2 Å². The third-order valence-electron chi connectivity index (χ3n) is 2.53. The van der Waals surface area contributed by atoms with Crippen LogP contribution in [0.15, 0.2) is 0 Å². The molecule has 0 radical (unpaired) electrons. The van der Waals surface area contributed by atoms with Crippen LogP contribution in [0.25, 0.3) is 0 Å². The molecular formula is C11H22N2O5. The van der Waals surface area contributed by atoms with Gasteiger partial charge in [-0.3, -0.25) is 0 Å². The molecule has 0 heterocycles. The fourth-order valence-electron chi connectivity index (χ4n) is 1.07. The minimum Gasteiger partial charge on any atom is -0.480 e. The van der Waals surface area contributed by atoms with Gasteiger partial charge in [-0.25, -0.2) is 9.59 Å². The number of rotatable bonds is 9. The van der Waals surface area contributed by atoms with Gasteiger partial charge in [0.1, 0.15) is 5.54 Å². The Labute approximate surface area is 107 Å². The number of carboxylic acids is 1. The summed E-state index contributed by atoms with van der Waals surface area (Å²) in [5.74, 6) is -1.06. The SMILES string of the molecule is CCC(C)(NC(=O)NCCOCCOC)C(=O)O. The molecule has 0 aromatic carbocycles. The summed E-state index contributed by atoms with van der Waals surface area (Å²) >= 11 is 0. The number of hydrogen-bond donors (Lipinski definition) is 3. The van der Waals surface area contributed by atoms with Gasteiger partial charge in [-0.05, 0) is 13.3 Å². The average Bonchev–Trinajstić information content (AvgIpc) is 2.33. The molecule has 0 saturated heterocycles. The Bertz CT molecular complexity index is 272. The quantitative estimate of drug-likeness (QED) is 0.516. The summed E-state index contributed by atoms with van der Waals surface area (Å²) in [5.41, 5.74) is -1.25. The highest BCUT2D eigenvalue weighted by Crippen LogP contribution is 2.08. The number of hydrogen-bond acceptors (Lipinski definition) is 4. The van der Waals surface area contributed by atoms with Crippen LogP contribution >= 0.6 is 0 Å². The maximum Gasteiger partial charge on any atom is 0.329 e. The molecule has 18 heavy (non-hydrogen) atoms. The molecule has 0 aliphatic rings. The summed E-state index contributed by atoms with van der Waals surface area (Å²) in [5, 5.41) is 13.9. The van der Waals surface area contributed by atoms with Crippen molar-refractivity contribution in [1.82, 2.24) is 10.6 Å². The van der Waals surface area contributed by atoms with Crippen LogP contribution in [0.3, 0.4) is 0 Å². The van der Waals surface area contributed by atoms with Gasteiger partial charge in [0, 0.05) is 13.7 Å². The largest absolute Gasteiger partial charge is 0.480 e. The average molecular weight is 262 g/mol. The lowest BCUT2D eigenvalue weighted by Crippen LogP contribution is -2.55. The van der Waals surface area contributed by atoms with E-state index in [1.54, 1.807) is 14.0 Å². The second-order valence-corrected chi connectivity index (χ2v) is 3.98. The van der Waals surface area contributed by atoms with E-state index >= 15 is 0 Å². The van der Waals surface area contributed by atoms with Gasteiger partial charge in [0.25, 0.3) is 0 Å². The summed E-state index contributed by atoms with van der Waals surface area (Å²) < 4.78 is 9.93. The molecule has 0 aromatic heterocycles. The first-order chi connectivity index (χ1) is 8.46. The first-order valence-corrected chi connectivity index (χ1v) is 5.82. The van der Waals surface area contributed by atoms with E-state index in [1.165, 1.54) is 6.92 Å². The minimum absolute atomic E-state index is 0.306. The zero-order chi connectivity index (χ0) is 14.0. The van der Waals surface area contributed by atoms with Crippen LogP contribution < -0.4 is 10.6 Å². The van der Waals surface area contributed by atoms with E-state index in [-0.39, 0.29) is 0 Å². The molecule has 0 fully saturated rings. The van der Waals surface area contributed by atoms with E-state index in [0.717, 1.165) is 0 Å². The second kappa shape index (κ2) is 8.71. The Balaban J connectivity index is 3.80. The Kier molecular flexibility index (Phi) is 8.06. The smallest absolute Gasteiger partial charge is 0.329 e. The Morgan fingerprint density at radius 2 is 1.94 bits per heavy atom. The molecule has 0 saturated carbocycles. The van der Waals surface area contributed by atoms with E-state index in [9.17, 15) is 9.59 Å². The monoisotopic (exact) mass is 262 g/mol. The number of carbonyl (C=O) groups excluding carboxylic acids is 1. The van der Waals surface area contributed by atoms with Crippen LogP contribution in [-0.2, 0) is 14.3 Å². The second-order valence-electron chi connectivity index (χ2n) is 3.98. The molecule has 7 heteroatoms. The van der Waals surface area contributed by atoms with E-state index < -0.39 is 17.5 Å². The molecule has 0 aliphatic carbocycles. The lowest BCUT2D eigenvalue weighted by Gasteiger charge is -2.24. The molecule has 0 aromatic rings. The summed E-state index contributed by atoms with van der Waals surface area (Å²) in [7, 11) is 1.58. The third-order valence-corrected chi connectivity index (χ3v) is 2.53. The third kappa shape index (κ3) is 6.41. The highest BCUT2D eigenvalue weighted by molar-refractivity contribution is 5.85. The normalized spacial score (nSPS) is 13.7. The van der Waals surface area contributed by atoms with Gasteiger partial charge in [-0.1, -0.05) is 6.92 Å². The first-order valence-electron chi connectivity index (χ1n) is 5.82. The van der Waals surface area contributed by atoms with Crippen molar-refractivity contribution in [3.63, 3.8) is 0 Å². The lowest BCUT2D eigenvalue weighted by molar-refractivity contribution is -0.143. The van der Waals surface area contributed by atoms with E-state index in [4.69, 9.17) is 14.6 Å². The van der Waals surface area contributed by atoms with Crippen molar-refractivity contribution in [3.8, 4) is 0 Å². The number of aliphatic carboxylic acids is 1. The fraction of sp³-hybridized carbons (Fsp3) is 0.818. The number of carbonyl (C=O) groups is 2. The molecule has 0 rings (SSSR count). The number of nitrogens with one attached hydrogen (secondary N) is 2. The van der Waals surface area contributed by atoms with Gasteiger partial charge < -0.3 is 25.2 Å². The van der Waals surface area contributed by atoms with E-state index in [0.29, 0.717) is 32.8 Å². The van der Waals surface area contributed by atoms with Crippen molar-refractivity contribution in [3.05, 3.63) is 0 Å².